The molecule has 1 heterocycles. The second kappa shape index (κ2) is 4.24. The summed E-state index contributed by atoms with van der Waals surface area (Å²) in [4.78, 5) is 2.56. The molecule has 0 radical (unpaired) electrons. The Hall–Kier alpha value is -0.0800. The Labute approximate surface area is 76.3 Å². The van der Waals surface area contributed by atoms with Gasteiger partial charge in [0.2, 0.25) is 0 Å². The number of rotatable bonds is 2. The Morgan fingerprint density at radius 3 is 2.50 bits per heavy atom. The lowest BCUT2D eigenvalue weighted by Crippen LogP contribution is -2.54. The molecule has 0 bridgehead atoms. The molecule has 2 nitrogen and oxygen atoms in total. The standard InChI is InChI=1S/C10H22N2/c1-8(2)12-7-5-6-9(3)10(12)11-4/h8-11H,5-7H2,1-4H3. The molecule has 0 saturated carbocycles. The Balaban J connectivity index is 2.57. The van der Waals surface area contributed by atoms with Crippen LogP contribution in [0, 0.1) is 5.92 Å². The predicted molar refractivity (Wildman–Crippen MR) is 53.1 cm³/mol. The first-order valence-electron chi connectivity index (χ1n) is 5.09. The van der Waals surface area contributed by atoms with Crippen LogP contribution >= 0.6 is 0 Å². The van der Waals surface area contributed by atoms with Crippen LogP contribution < -0.4 is 5.32 Å². The molecule has 1 rings (SSSR count). The molecule has 2 unspecified atom stereocenters. The molecule has 1 fully saturated rings. The number of hydrogen-bond acceptors (Lipinski definition) is 2. The van der Waals surface area contributed by atoms with Gasteiger partial charge in [0.25, 0.3) is 0 Å². The highest BCUT2D eigenvalue weighted by atomic mass is 15.3. The van der Waals surface area contributed by atoms with Crippen molar-refractivity contribution in [1.29, 1.82) is 0 Å². The van der Waals surface area contributed by atoms with Crippen molar-refractivity contribution >= 4 is 0 Å². The van der Waals surface area contributed by atoms with Crippen molar-refractivity contribution in [2.24, 2.45) is 5.92 Å². The van der Waals surface area contributed by atoms with E-state index in [1.807, 2.05) is 0 Å². The Morgan fingerprint density at radius 1 is 1.42 bits per heavy atom. The maximum atomic E-state index is 3.41. The summed E-state index contributed by atoms with van der Waals surface area (Å²) in [6, 6.07) is 0.671. The van der Waals surface area contributed by atoms with Gasteiger partial charge in [-0.1, -0.05) is 6.92 Å². The van der Waals surface area contributed by atoms with Crippen LogP contribution in [-0.2, 0) is 0 Å². The molecule has 1 N–H and O–H groups in total. The van der Waals surface area contributed by atoms with Crippen LogP contribution in [0.25, 0.3) is 0 Å². The lowest BCUT2D eigenvalue weighted by Gasteiger charge is -2.42. The van der Waals surface area contributed by atoms with Crippen molar-refractivity contribution in [2.75, 3.05) is 13.6 Å². The highest BCUT2D eigenvalue weighted by molar-refractivity contribution is 4.81. The molecule has 1 saturated heterocycles. The van der Waals surface area contributed by atoms with Crippen molar-refractivity contribution in [3.63, 3.8) is 0 Å². The summed E-state index contributed by atoms with van der Waals surface area (Å²) < 4.78 is 0. The SMILES string of the molecule is CNC1C(C)CCCN1C(C)C. The van der Waals surface area contributed by atoms with E-state index in [0.29, 0.717) is 12.2 Å². The van der Waals surface area contributed by atoms with E-state index in [2.05, 4.69) is 38.0 Å². The van der Waals surface area contributed by atoms with E-state index < -0.39 is 0 Å². The van der Waals surface area contributed by atoms with E-state index in [9.17, 15) is 0 Å². The number of hydrogen-bond donors (Lipinski definition) is 1. The van der Waals surface area contributed by atoms with Crippen LogP contribution in [-0.4, -0.2) is 30.7 Å². The summed E-state index contributed by atoms with van der Waals surface area (Å²) >= 11 is 0. The Morgan fingerprint density at radius 2 is 2.08 bits per heavy atom. The average molecular weight is 170 g/mol. The van der Waals surface area contributed by atoms with E-state index >= 15 is 0 Å². The fourth-order valence-corrected chi connectivity index (χ4v) is 2.25. The maximum absolute atomic E-state index is 3.41. The van der Waals surface area contributed by atoms with Gasteiger partial charge in [0, 0.05) is 6.04 Å². The van der Waals surface area contributed by atoms with Gasteiger partial charge >= 0.3 is 0 Å². The van der Waals surface area contributed by atoms with Crippen LogP contribution in [0.5, 0.6) is 0 Å². The highest BCUT2D eigenvalue weighted by Gasteiger charge is 2.28. The van der Waals surface area contributed by atoms with E-state index in [1.165, 1.54) is 19.4 Å². The molecule has 2 heteroatoms. The lowest BCUT2D eigenvalue weighted by atomic mass is 9.95. The van der Waals surface area contributed by atoms with Crippen LogP contribution in [0.3, 0.4) is 0 Å². The zero-order chi connectivity index (χ0) is 9.14. The third-order valence-corrected chi connectivity index (χ3v) is 2.93. The van der Waals surface area contributed by atoms with Crippen molar-refractivity contribution in [3.8, 4) is 0 Å². The van der Waals surface area contributed by atoms with Gasteiger partial charge < -0.3 is 5.32 Å². The largest absolute Gasteiger partial charge is 0.305 e. The zero-order valence-electron chi connectivity index (χ0n) is 8.80. The fourth-order valence-electron chi connectivity index (χ4n) is 2.25. The minimum absolute atomic E-state index is 0.596. The first kappa shape index (κ1) is 10.0. The number of nitrogens with zero attached hydrogens (tertiary/aromatic N) is 1. The van der Waals surface area contributed by atoms with Gasteiger partial charge in [-0.3, -0.25) is 4.90 Å². The Bertz CT molecular complexity index is 134. The molecule has 1 aliphatic rings. The highest BCUT2D eigenvalue weighted by Crippen LogP contribution is 2.22. The van der Waals surface area contributed by atoms with Gasteiger partial charge in [-0.05, 0) is 46.2 Å². The second-order valence-corrected chi connectivity index (χ2v) is 4.18. The summed E-state index contributed by atoms with van der Waals surface area (Å²) in [7, 11) is 2.07. The molecular weight excluding hydrogens is 148 g/mol. The number of nitrogens with one attached hydrogen (secondary N) is 1. The second-order valence-electron chi connectivity index (χ2n) is 4.18. The topological polar surface area (TPSA) is 15.3 Å². The fraction of sp³-hybridized carbons (Fsp3) is 1.00. The van der Waals surface area contributed by atoms with Crippen LogP contribution in [0.2, 0.25) is 0 Å². The van der Waals surface area contributed by atoms with Crippen molar-refractivity contribution in [2.45, 2.75) is 45.8 Å². The normalized spacial score (nSPS) is 32.8. The van der Waals surface area contributed by atoms with E-state index in [4.69, 9.17) is 0 Å². The molecule has 0 aromatic rings. The van der Waals surface area contributed by atoms with Gasteiger partial charge in [-0.25, -0.2) is 0 Å². The smallest absolute Gasteiger partial charge is 0.0623 e. The molecule has 0 spiro atoms. The minimum atomic E-state index is 0.596. The van der Waals surface area contributed by atoms with Crippen molar-refractivity contribution < 1.29 is 0 Å². The van der Waals surface area contributed by atoms with E-state index in [1.54, 1.807) is 0 Å². The van der Waals surface area contributed by atoms with Gasteiger partial charge in [0.05, 0.1) is 6.17 Å². The predicted octanol–water partition coefficient (Wildman–Crippen LogP) is 1.67. The molecule has 0 amide bonds. The van der Waals surface area contributed by atoms with Gasteiger partial charge in [0.15, 0.2) is 0 Å². The van der Waals surface area contributed by atoms with Gasteiger partial charge in [0.1, 0.15) is 0 Å². The van der Waals surface area contributed by atoms with Crippen LogP contribution in [0.1, 0.15) is 33.6 Å². The first-order valence-corrected chi connectivity index (χ1v) is 5.09. The first-order chi connectivity index (χ1) is 5.66. The Kier molecular flexibility index (Phi) is 3.53. The van der Waals surface area contributed by atoms with Crippen LogP contribution in [0.15, 0.2) is 0 Å². The van der Waals surface area contributed by atoms with E-state index in [0.717, 1.165) is 5.92 Å². The van der Waals surface area contributed by atoms with Crippen molar-refractivity contribution in [1.82, 2.24) is 10.2 Å². The minimum Gasteiger partial charge on any atom is -0.305 e. The van der Waals surface area contributed by atoms with Gasteiger partial charge in [-0.2, -0.15) is 0 Å². The van der Waals surface area contributed by atoms with Crippen LogP contribution in [0.4, 0.5) is 0 Å². The average Bonchev–Trinajstić information content (AvgIpc) is 2.03. The van der Waals surface area contributed by atoms with Crippen molar-refractivity contribution in [3.05, 3.63) is 0 Å². The molecular formula is C10H22N2. The summed E-state index contributed by atoms with van der Waals surface area (Å²) in [5.74, 6) is 0.797. The number of likely N-dealkylation sites (tertiary alicyclic amines) is 1. The summed E-state index contributed by atoms with van der Waals surface area (Å²) in [6.07, 6.45) is 3.32. The van der Waals surface area contributed by atoms with Gasteiger partial charge in [-0.15, -0.1) is 0 Å². The molecule has 1 aliphatic heterocycles. The quantitative estimate of drug-likeness (QED) is 0.678. The molecule has 12 heavy (non-hydrogen) atoms. The summed E-state index contributed by atoms with van der Waals surface area (Å²) in [5.41, 5.74) is 0. The molecule has 0 aromatic heterocycles. The monoisotopic (exact) mass is 170 g/mol. The third-order valence-electron chi connectivity index (χ3n) is 2.93. The molecule has 72 valence electrons. The lowest BCUT2D eigenvalue weighted by molar-refractivity contribution is 0.0539. The molecule has 2 atom stereocenters. The third kappa shape index (κ3) is 1.99. The zero-order valence-corrected chi connectivity index (χ0v) is 8.80. The maximum Gasteiger partial charge on any atom is 0.0623 e. The van der Waals surface area contributed by atoms with E-state index in [-0.39, 0.29) is 0 Å². The summed E-state index contributed by atoms with van der Waals surface area (Å²) in [6.45, 7) is 8.16. The molecule has 0 aromatic carbocycles. The summed E-state index contributed by atoms with van der Waals surface area (Å²) in [5, 5.41) is 3.41. The number of piperidine rings is 1. The molecule has 0 aliphatic carbocycles.